The minimum Gasteiger partial charge on any atom is -0.323 e. The van der Waals surface area contributed by atoms with Gasteiger partial charge >= 0.3 is 0 Å². The predicted molar refractivity (Wildman–Crippen MR) is 63.6 cm³/mol. The van der Waals surface area contributed by atoms with Gasteiger partial charge in [-0.2, -0.15) is 0 Å². The van der Waals surface area contributed by atoms with Crippen molar-refractivity contribution >= 4 is 0 Å². The number of rotatable bonds is 3. The molecule has 1 heterocycles. The second-order valence-corrected chi connectivity index (χ2v) is 4.64. The summed E-state index contributed by atoms with van der Waals surface area (Å²) in [6.45, 7) is 4.24. The van der Waals surface area contributed by atoms with Crippen LogP contribution >= 0.6 is 0 Å². The van der Waals surface area contributed by atoms with E-state index in [0.717, 1.165) is 18.7 Å². The highest BCUT2D eigenvalue weighted by Crippen LogP contribution is 2.20. The first kappa shape index (κ1) is 11.6. The summed E-state index contributed by atoms with van der Waals surface area (Å²) < 4.78 is 12.8. The molecule has 1 aliphatic heterocycles. The third-order valence-corrected chi connectivity index (χ3v) is 3.42. The molecule has 0 aromatic heterocycles. The van der Waals surface area contributed by atoms with Gasteiger partial charge in [-0.05, 0) is 44.0 Å². The van der Waals surface area contributed by atoms with Crippen LogP contribution in [0, 0.1) is 5.82 Å². The molecule has 1 saturated heterocycles. The summed E-state index contributed by atoms with van der Waals surface area (Å²) in [5, 5.41) is 0. The first-order valence-corrected chi connectivity index (χ1v) is 5.92. The second-order valence-electron chi connectivity index (χ2n) is 4.64. The Morgan fingerprint density at radius 1 is 1.44 bits per heavy atom. The van der Waals surface area contributed by atoms with Crippen molar-refractivity contribution in [2.24, 2.45) is 5.73 Å². The monoisotopic (exact) mass is 222 g/mol. The molecular weight excluding hydrogens is 203 g/mol. The normalized spacial score (nSPS) is 23.6. The SMILES string of the molecule is CC1CCCN1CC(N)c1ccc(F)cc1. The van der Waals surface area contributed by atoms with Gasteiger partial charge in [-0.1, -0.05) is 12.1 Å². The molecule has 2 atom stereocenters. The zero-order chi connectivity index (χ0) is 11.5. The minimum absolute atomic E-state index is 0.0128. The molecular formula is C13H19FN2. The van der Waals surface area contributed by atoms with Crippen molar-refractivity contribution in [3.05, 3.63) is 35.6 Å². The van der Waals surface area contributed by atoms with E-state index in [1.807, 2.05) is 0 Å². The molecule has 16 heavy (non-hydrogen) atoms. The maximum atomic E-state index is 12.8. The van der Waals surface area contributed by atoms with Crippen LogP contribution in [-0.4, -0.2) is 24.0 Å². The number of hydrogen-bond acceptors (Lipinski definition) is 2. The van der Waals surface area contributed by atoms with Crippen LogP contribution in [0.1, 0.15) is 31.4 Å². The number of nitrogens with zero attached hydrogens (tertiary/aromatic N) is 1. The van der Waals surface area contributed by atoms with Crippen LogP contribution in [0.15, 0.2) is 24.3 Å². The number of nitrogens with two attached hydrogens (primary N) is 1. The second kappa shape index (κ2) is 4.93. The summed E-state index contributed by atoms with van der Waals surface area (Å²) >= 11 is 0. The molecule has 2 unspecified atom stereocenters. The number of halogens is 1. The van der Waals surface area contributed by atoms with Gasteiger partial charge in [0.15, 0.2) is 0 Å². The fourth-order valence-corrected chi connectivity index (χ4v) is 2.33. The number of likely N-dealkylation sites (tertiary alicyclic amines) is 1. The lowest BCUT2D eigenvalue weighted by atomic mass is 10.1. The molecule has 2 rings (SSSR count). The van der Waals surface area contributed by atoms with E-state index < -0.39 is 0 Å². The molecule has 1 aromatic rings. The molecule has 0 saturated carbocycles. The average molecular weight is 222 g/mol. The van der Waals surface area contributed by atoms with Crippen molar-refractivity contribution in [1.82, 2.24) is 4.90 Å². The first-order chi connectivity index (χ1) is 7.66. The molecule has 1 aliphatic rings. The van der Waals surface area contributed by atoms with Gasteiger partial charge in [-0.25, -0.2) is 4.39 Å². The number of hydrogen-bond donors (Lipinski definition) is 1. The van der Waals surface area contributed by atoms with Gasteiger partial charge in [-0.3, -0.25) is 4.90 Å². The van der Waals surface area contributed by atoms with E-state index in [2.05, 4.69) is 11.8 Å². The van der Waals surface area contributed by atoms with E-state index in [9.17, 15) is 4.39 Å². The molecule has 2 N–H and O–H groups in total. The molecule has 0 bridgehead atoms. The van der Waals surface area contributed by atoms with Crippen molar-refractivity contribution in [2.45, 2.75) is 31.8 Å². The van der Waals surface area contributed by atoms with Crippen LogP contribution in [0.4, 0.5) is 4.39 Å². The van der Waals surface area contributed by atoms with Gasteiger partial charge in [0.2, 0.25) is 0 Å². The first-order valence-electron chi connectivity index (χ1n) is 5.92. The van der Waals surface area contributed by atoms with Crippen LogP contribution in [0.3, 0.4) is 0 Å². The molecule has 0 amide bonds. The van der Waals surface area contributed by atoms with Gasteiger partial charge in [0.25, 0.3) is 0 Å². The summed E-state index contributed by atoms with van der Waals surface area (Å²) in [7, 11) is 0. The molecule has 0 spiro atoms. The largest absolute Gasteiger partial charge is 0.323 e. The highest BCUT2D eigenvalue weighted by Gasteiger charge is 2.22. The average Bonchev–Trinajstić information content (AvgIpc) is 2.65. The van der Waals surface area contributed by atoms with Crippen LogP contribution in [0.25, 0.3) is 0 Å². The summed E-state index contributed by atoms with van der Waals surface area (Å²) in [6, 6.07) is 7.12. The van der Waals surface area contributed by atoms with Crippen molar-refractivity contribution in [3.8, 4) is 0 Å². The van der Waals surface area contributed by atoms with Gasteiger partial charge in [0, 0.05) is 18.6 Å². The summed E-state index contributed by atoms with van der Waals surface area (Å²) in [5.74, 6) is -0.203. The lowest BCUT2D eigenvalue weighted by Gasteiger charge is -2.24. The van der Waals surface area contributed by atoms with Crippen LogP contribution in [0.2, 0.25) is 0 Å². The quantitative estimate of drug-likeness (QED) is 0.850. The van der Waals surface area contributed by atoms with Crippen LogP contribution in [0.5, 0.6) is 0 Å². The Labute approximate surface area is 96.2 Å². The molecule has 1 fully saturated rings. The van der Waals surface area contributed by atoms with Gasteiger partial charge in [0.1, 0.15) is 5.82 Å². The van der Waals surface area contributed by atoms with E-state index in [1.165, 1.54) is 25.0 Å². The van der Waals surface area contributed by atoms with E-state index in [0.29, 0.717) is 6.04 Å². The summed E-state index contributed by atoms with van der Waals surface area (Å²) in [5.41, 5.74) is 7.14. The van der Waals surface area contributed by atoms with Crippen molar-refractivity contribution in [2.75, 3.05) is 13.1 Å². The zero-order valence-electron chi connectivity index (χ0n) is 9.70. The fraction of sp³-hybridized carbons (Fsp3) is 0.538. The fourth-order valence-electron chi connectivity index (χ4n) is 2.33. The molecule has 0 aliphatic carbocycles. The van der Waals surface area contributed by atoms with E-state index >= 15 is 0 Å². The van der Waals surface area contributed by atoms with E-state index in [-0.39, 0.29) is 11.9 Å². The van der Waals surface area contributed by atoms with Gasteiger partial charge in [-0.15, -0.1) is 0 Å². The van der Waals surface area contributed by atoms with Gasteiger partial charge in [0.05, 0.1) is 0 Å². The third kappa shape index (κ3) is 2.60. The topological polar surface area (TPSA) is 29.3 Å². The molecule has 2 nitrogen and oxygen atoms in total. The Bertz CT molecular complexity index is 336. The third-order valence-electron chi connectivity index (χ3n) is 3.42. The highest BCUT2D eigenvalue weighted by molar-refractivity contribution is 5.19. The van der Waals surface area contributed by atoms with Crippen molar-refractivity contribution in [1.29, 1.82) is 0 Å². The highest BCUT2D eigenvalue weighted by atomic mass is 19.1. The number of benzene rings is 1. The standard InChI is InChI=1S/C13H19FN2/c1-10-3-2-8-16(10)9-13(15)11-4-6-12(14)7-5-11/h4-7,10,13H,2-3,8-9,15H2,1H3. The Morgan fingerprint density at radius 3 is 2.69 bits per heavy atom. The predicted octanol–water partition coefficient (Wildman–Crippen LogP) is 2.31. The summed E-state index contributed by atoms with van der Waals surface area (Å²) in [6.07, 6.45) is 2.52. The van der Waals surface area contributed by atoms with Crippen molar-refractivity contribution < 1.29 is 4.39 Å². The van der Waals surface area contributed by atoms with Crippen LogP contribution in [-0.2, 0) is 0 Å². The Morgan fingerprint density at radius 2 is 2.12 bits per heavy atom. The lowest BCUT2D eigenvalue weighted by Crippen LogP contribution is -2.34. The minimum atomic E-state index is -0.203. The zero-order valence-corrected chi connectivity index (χ0v) is 9.70. The molecule has 0 radical (unpaired) electrons. The molecule has 1 aromatic carbocycles. The molecule has 3 heteroatoms. The van der Waals surface area contributed by atoms with Gasteiger partial charge < -0.3 is 5.73 Å². The Balaban J connectivity index is 1.97. The Hall–Kier alpha value is -0.930. The Kier molecular flexibility index (Phi) is 3.56. The summed E-state index contributed by atoms with van der Waals surface area (Å²) in [4.78, 5) is 2.41. The van der Waals surface area contributed by atoms with E-state index in [1.54, 1.807) is 12.1 Å². The van der Waals surface area contributed by atoms with E-state index in [4.69, 9.17) is 5.73 Å². The lowest BCUT2D eigenvalue weighted by molar-refractivity contribution is 0.252. The van der Waals surface area contributed by atoms with Crippen molar-refractivity contribution in [3.63, 3.8) is 0 Å². The maximum absolute atomic E-state index is 12.8. The van der Waals surface area contributed by atoms with Crippen LogP contribution < -0.4 is 5.73 Å². The molecule has 88 valence electrons. The maximum Gasteiger partial charge on any atom is 0.123 e. The smallest absolute Gasteiger partial charge is 0.123 e.